The Morgan fingerprint density at radius 2 is 1.73 bits per heavy atom. The monoisotopic (exact) mass is 418 g/mol. The summed E-state index contributed by atoms with van der Waals surface area (Å²) in [7, 11) is 0. The van der Waals surface area contributed by atoms with Crippen LogP contribution >= 0.6 is 0 Å². The molecule has 0 spiro atoms. The van der Waals surface area contributed by atoms with Crippen LogP contribution < -0.4 is 10.2 Å². The number of nitrogens with one attached hydrogen (secondary N) is 1. The van der Waals surface area contributed by atoms with E-state index in [1.165, 1.54) is 0 Å². The third kappa shape index (κ3) is 5.48. The maximum atomic E-state index is 12.4. The van der Waals surface area contributed by atoms with Gasteiger partial charge in [-0.25, -0.2) is 4.79 Å². The van der Waals surface area contributed by atoms with E-state index in [4.69, 9.17) is 4.74 Å². The lowest BCUT2D eigenvalue weighted by atomic mass is 10.1. The first-order chi connectivity index (χ1) is 14.3. The molecule has 1 aromatic rings. The number of rotatable bonds is 6. The van der Waals surface area contributed by atoms with E-state index >= 15 is 0 Å². The first kappa shape index (κ1) is 22.0. The molecule has 0 bridgehead atoms. The summed E-state index contributed by atoms with van der Waals surface area (Å²) in [5.74, 6) is -1.40. The molecule has 3 rings (SSSR count). The molecule has 0 aliphatic carbocycles. The molecule has 2 aliphatic heterocycles. The van der Waals surface area contributed by atoms with E-state index in [1.807, 2.05) is 11.0 Å². The fraction of sp³-hybridized carbons (Fsp3) is 0.571. The lowest BCUT2D eigenvalue weighted by Gasteiger charge is -2.37. The number of morpholine rings is 1. The number of aromatic carboxylic acids is 1. The molecular formula is C21H30N4O5. The van der Waals surface area contributed by atoms with Gasteiger partial charge in [0, 0.05) is 50.9 Å². The molecule has 0 atom stereocenters. The summed E-state index contributed by atoms with van der Waals surface area (Å²) in [6, 6.07) is 5.08. The summed E-state index contributed by atoms with van der Waals surface area (Å²) < 4.78 is 5.29. The second-order valence-corrected chi connectivity index (χ2v) is 7.94. The number of hydrogen-bond donors (Lipinski definition) is 2. The Labute approximate surface area is 176 Å². The normalized spacial score (nSPS) is 17.8. The third-order valence-corrected chi connectivity index (χ3v) is 5.48. The number of hydrogen-bond acceptors (Lipinski definition) is 6. The van der Waals surface area contributed by atoms with Crippen LogP contribution in [0.2, 0.25) is 0 Å². The van der Waals surface area contributed by atoms with Gasteiger partial charge in [-0.2, -0.15) is 0 Å². The Balaban J connectivity index is 1.59. The minimum absolute atomic E-state index is 0.0754. The van der Waals surface area contributed by atoms with Gasteiger partial charge in [0.15, 0.2) is 0 Å². The second-order valence-electron chi connectivity index (χ2n) is 7.94. The van der Waals surface area contributed by atoms with Crippen molar-refractivity contribution in [2.45, 2.75) is 13.8 Å². The molecule has 0 radical (unpaired) electrons. The van der Waals surface area contributed by atoms with Gasteiger partial charge in [0.2, 0.25) is 11.8 Å². The summed E-state index contributed by atoms with van der Waals surface area (Å²) in [6.45, 7) is 9.26. The Morgan fingerprint density at radius 1 is 1.07 bits per heavy atom. The Kier molecular flexibility index (Phi) is 7.28. The molecule has 0 aromatic heterocycles. The summed E-state index contributed by atoms with van der Waals surface area (Å²) in [5, 5.41) is 12.3. The van der Waals surface area contributed by atoms with E-state index in [0.717, 1.165) is 18.8 Å². The van der Waals surface area contributed by atoms with Gasteiger partial charge in [-0.1, -0.05) is 13.8 Å². The van der Waals surface area contributed by atoms with Gasteiger partial charge >= 0.3 is 5.97 Å². The van der Waals surface area contributed by atoms with Crippen LogP contribution in [0, 0.1) is 5.92 Å². The second kappa shape index (κ2) is 9.90. The standard InChI is InChI=1S/C21H30N4O5/c1-15(2)20(27)22-18-4-3-16(13-17(18)21(28)29)24-7-5-23(6-8-24)14-19(26)25-9-11-30-12-10-25/h3-4,13,15H,5-12,14H2,1-2H3,(H,22,27)(H,28,29). The molecule has 1 aromatic carbocycles. The minimum Gasteiger partial charge on any atom is -0.478 e. The molecule has 9 heteroatoms. The third-order valence-electron chi connectivity index (χ3n) is 5.48. The summed E-state index contributed by atoms with van der Waals surface area (Å²) in [4.78, 5) is 42.2. The van der Waals surface area contributed by atoms with Gasteiger partial charge in [-0.15, -0.1) is 0 Å². The minimum atomic E-state index is -1.08. The summed E-state index contributed by atoms with van der Waals surface area (Å²) in [6.07, 6.45) is 0. The molecule has 2 aliphatic rings. The molecule has 2 amide bonds. The van der Waals surface area contributed by atoms with Crippen molar-refractivity contribution in [1.82, 2.24) is 9.80 Å². The van der Waals surface area contributed by atoms with E-state index in [2.05, 4.69) is 15.1 Å². The molecule has 2 heterocycles. The zero-order valence-electron chi connectivity index (χ0n) is 17.6. The van der Waals surface area contributed by atoms with Gasteiger partial charge in [-0.05, 0) is 18.2 Å². The van der Waals surface area contributed by atoms with E-state index in [0.29, 0.717) is 51.6 Å². The molecule has 30 heavy (non-hydrogen) atoms. The number of carbonyl (C=O) groups is 3. The predicted octanol–water partition coefficient (Wildman–Crippen LogP) is 0.960. The van der Waals surface area contributed by atoms with Crippen molar-refractivity contribution in [3.05, 3.63) is 23.8 Å². The van der Waals surface area contributed by atoms with Crippen LogP contribution in [0.15, 0.2) is 18.2 Å². The number of ether oxygens (including phenoxy) is 1. The Bertz CT molecular complexity index is 784. The lowest BCUT2D eigenvalue weighted by Crippen LogP contribution is -2.51. The van der Waals surface area contributed by atoms with Crippen LogP contribution in [0.3, 0.4) is 0 Å². The fourth-order valence-corrected chi connectivity index (χ4v) is 3.56. The van der Waals surface area contributed by atoms with Gasteiger partial charge in [0.25, 0.3) is 0 Å². The molecule has 2 saturated heterocycles. The average molecular weight is 418 g/mol. The summed E-state index contributed by atoms with van der Waals surface area (Å²) >= 11 is 0. The maximum absolute atomic E-state index is 12.4. The topological polar surface area (TPSA) is 102 Å². The smallest absolute Gasteiger partial charge is 0.337 e. The molecule has 0 saturated carbocycles. The van der Waals surface area contributed by atoms with Crippen molar-refractivity contribution in [2.75, 3.05) is 69.2 Å². The zero-order chi connectivity index (χ0) is 21.7. The number of carboxylic acids is 1. The quantitative estimate of drug-likeness (QED) is 0.709. The van der Waals surface area contributed by atoms with Crippen molar-refractivity contribution in [1.29, 1.82) is 0 Å². The van der Waals surface area contributed by atoms with Crippen LogP contribution in [-0.2, 0) is 14.3 Å². The molecule has 9 nitrogen and oxygen atoms in total. The molecule has 2 N–H and O–H groups in total. The van der Waals surface area contributed by atoms with Gasteiger partial charge in [0.05, 0.1) is 31.0 Å². The fourth-order valence-electron chi connectivity index (χ4n) is 3.56. The number of benzene rings is 1. The Hall–Kier alpha value is -2.65. The van der Waals surface area contributed by atoms with E-state index < -0.39 is 5.97 Å². The highest BCUT2D eigenvalue weighted by atomic mass is 16.5. The highest BCUT2D eigenvalue weighted by Gasteiger charge is 2.24. The van der Waals surface area contributed by atoms with Crippen LogP contribution in [0.5, 0.6) is 0 Å². The van der Waals surface area contributed by atoms with Crippen LogP contribution in [0.1, 0.15) is 24.2 Å². The highest BCUT2D eigenvalue weighted by Crippen LogP contribution is 2.25. The first-order valence-electron chi connectivity index (χ1n) is 10.4. The number of carboxylic acid groups (broad SMARTS) is 1. The largest absolute Gasteiger partial charge is 0.478 e. The van der Waals surface area contributed by atoms with Gasteiger partial charge < -0.3 is 25.0 Å². The van der Waals surface area contributed by atoms with E-state index in [-0.39, 0.29) is 23.3 Å². The number of carbonyl (C=O) groups excluding carboxylic acids is 2. The molecule has 164 valence electrons. The average Bonchev–Trinajstić information content (AvgIpc) is 2.75. The number of anilines is 2. The van der Waals surface area contributed by atoms with Gasteiger partial charge in [0.1, 0.15) is 0 Å². The highest BCUT2D eigenvalue weighted by molar-refractivity contribution is 6.01. The SMILES string of the molecule is CC(C)C(=O)Nc1ccc(N2CCN(CC(=O)N3CCOCC3)CC2)cc1C(=O)O. The number of amides is 2. The van der Waals surface area contributed by atoms with Crippen molar-refractivity contribution in [3.8, 4) is 0 Å². The maximum Gasteiger partial charge on any atom is 0.337 e. The van der Waals surface area contributed by atoms with Crippen molar-refractivity contribution >= 4 is 29.2 Å². The zero-order valence-corrected chi connectivity index (χ0v) is 17.6. The van der Waals surface area contributed by atoms with Crippen molar-refractivity contribution < 1.29 is 24.2 Å². The summed E-state index contributed by atoms with van der Waals surface area (Å²) in [5.41, 5.74) is 1.18. The van der Waals surface area contributed by atoms with Crippen molar-refractivity contribution in [3.63, 3.8) is 0 Å². The lowest BCUT2D eigenvalue weighted by molar-refractivity contribution is -0.136. The number of piperazine rings is 1. The van der Waals surface area contributed by atoms with Gasteiger partial charge in [-0.3, -0.25) is 14.5 Å². The first-order valence-corrected chi connectivity index (χ1v) is 10.4. The number of nitrogens with zero attached hydrogens (tertiary/aromatic N) is 3. The van der Waals surface area contributed by atoms with E-state index in [9.17, 15) is 19.5 Å². The molecule has 2 fully saturated rings. The van der Waals surface area contributed by atoms with E-state index in [1.54, 1.807) is 26.0 Å². The van der Waals surface area contributed by atoms with Crippen molar-refractivity contribution in [2.24, 2.45) is 5.92 Å². The van der Waals surface area contributed by atoms with Crippen LogP contribution in [0.25, 0.3) is 0 Å². The van der Waals surface area contributed by atoms with Crippen LogP contribution in [-0.4, -0.2) is 91.7 Å². The molecular weight excluding hydrogens is 388 g/mol. The Morgan fingerprint density at radius 3 is 2.33 bits per heavy atom. The molecule has 0 unspecified atom stereocenters. The predicted molar refractivity (Wildman–Crippen MR) is 113 cm³/mol. The van der Waals surface area contributed by atoms with Crippen LogP contribution in [0.4, 0.5) is 11.4 Å².